The highest BCUT2D eigenvalue weighted by Gasteiger charge is 2.33. The number of nitrogens with zero attached hydrogens (tertiary/aromatic N) is 2. The maximum Gasteiger partial charge on any atom is 0.185 e. The van der Waals surface area contributed by atoms with Crippen LogP contribution < -0.4 is 0 Å². The van der Waals surface area contributed by atoms with Gasteiger partial charge in [0.25, 0.3) is 0 Å². The molecule has 0 saturated carbocycles. The topological polar surface area (TPSA) is 61.6 Å². The molecule has 2 heterocycles. The zero-order valence-electron chi connectivity index (χ0n) is 10.6. The molecule has 0 radical (unpaired) electrons. The monoisotopic (exact) mass is 242 g/mol. The van der Waals surface area contributed by atoms with Gasteiger partial charge in [-0.15, -0.1) is 0 Å². The number of hydrogen-bond acceptors (Lipinski definition) is 6. The van der Waals surface area contributed by atoms with Crippen LogP contribution in [0.15, 0.2) is 9.98 Å². The van der Waals surface area contributed by atoms with Crippen molar-refractivity contribution in [3.63, 3.8) is 0 Å². The number of rotatable bonds is 2. The van der Waals surface area contributed by atoms with Crippen molar-refractivity contribution in [1.29, 1.82) is 0 Å². The van der Waals surface area contributed by atoms with Crippen molar-refractivity contribution in [2.75, 3.05) is 13.2 Å². The minimum absolute atomic E-state index is 0.343. The van der Waals surface area contributed by atoms with Crippen LogP contribution in [0.1, 0.15) is 27.7 Å². The molecule has 6 heteroatoms. The Hall–Kier alpha value is -0.780. The van der Waals surface area contributed by atoms with Gasteiger partial charge in [-0.05, 0) is 27.7 Å². The summed E-state index contributed by atoms with van der Waals surface area (Å²) in [6, 6.07) is 2.58. The van der Waals surface area contributed by atoms with Crippen LogP contribution in [0.2, 0.25) is 0 Å². The highest BCUT2D eigenvalue weighted by atomic mass is 16.8. The quantitative estimate of drug-likeness (QED) is 0.686. The van der Waals surface area contributed by atoms with E-state index in [0.717, 1.165) is 0 Å². The summed E-state index contributed by atoms with van der Waals surface area (Å²) in [7, 11) is 0. The van der Waals surface area contributed by atoms with Crippen LogP contribution in [0.25, 0.3) is 0 Å². The van der Waals surface area contributed by atoms with E-state index in [0.29, 0.717) is 13.2 Å². The molecule has 0 amide bonds. The standard InChI is InChI=1S/C11H18N2O4/c1-10(2)14-5-8(16-10)12-7-13-9-6-15-11(3,4)17-9/h8-9H,5-6H2,1-4H3. The molecule has 2 saturated heterocycles. The lowest BCUT2D eigenvalue weighted by atomic mass is 10.4. The van der Waals surface area contributed by atoms with Gasteiger partial charge >= 0.3 is 0 Å². The van der Waals surface area contributed by atoms with E-state index in [-0.39, 0.29) is 12.5 Å². The molecule has 2 rings (SSSR count). The fourth-order valence-electron chi connectivity index (χ4n) is 1.62. The van der Waals surface area contributed by atoms with Crippen LogP contribution in [0.5, 0.6) is 0 Å². The van der Waals surface area contributed by atoms with Gasteiger partial charge in [-0.25, -0.2) is 0 Å². The summed E-state index contributed by atoms with van der Waals surface area (Å²) in [5.74, 6) is -1.16. The summed E-state index contributed by atoms with van der Waals surface area (Å²) in [6.07, 6.45) is -0.687. The molecular weight excluding hydrogens is 224 g/mol. The first-order valence-electron chi connectivity index (χ1n) is 5.65. The van der Waals surface area contributed by atoms with Gasteiger partial charge in [-0.2, -0.15) is 9.98 Å². The van der Waals surface area contributed by atoms with Crippen molar-refractivity contribution in [3.8, 4) is 0 Å². The summed E-state index contributed by atoms with van der Waals surface area (Å²) >= 11 is 0. The van der Waals surface area contributed by atoms with Crippen molar-refractivity contribution in [2.24, 2.45) is 9.98 Å². The molecule has 0 aliphatic carbocycles. The van der Waals surface area contributed by atoms with Crippen LogP contribution in [-0.2, 0) is 18.9 Å². The molecule has 0 N–H and O–H groups in total. The minimum Gasteiger partial charge on any atom is -0.346 e. The fourth-order valence-corrected chi connectivity index (χ4v) is 1.62. The number of ether oxygens (including phenoxy) is 4. The Morgan fingerprint density at radius 1 is 0.882 bits per heavy atom. The molecule has 2 atom stereocenters. The Balaban J connectivity index is 1.85. The molecule has 2 aliphatic heterocycles. The van der Waals surface area contributed by atoms with Gasteiger partial charge in [0.1, 0.15) is 0 Å². The molecule has 6 nitrogen and oxygen atoms in total. The van der Waals surface area contributed by atoms with Gasteiger partial charge in [0.2, 0.25) is 0 Å². The van der Waals surface area contributed by atoms with Gasteiger partial charge in [0, 0.05) is 0 Å². The molecule has 17 heavy (non-hydrogen) atoms. The second kappa shape index (κ2) is 4.48. The Bertz CT molecular complexity index is 317. The Morgan fingerprint density at radius 3 is 1.59 bits per heavy atom. The SMILES string of the molecule is CC1(C)OCC(N=C=NC2COC(C)(C)O2)O1. The van der Waals surface area contributed by atoms with E-state index in [4.69, 9.17) is 18.9 Å². The van der Waals surface area contributed by atoms with Gasteiger partial charge in [0.05, 0.1) is 19.2 Å². The predicted molar refractivity (Wildman–Crippen MR) is 59.7 cm³/mol. The third-order valence-corrected chi connectivity index (χ3v) is 2.39. The van der Waals surface area contributed by atoms with Crippen molar-refractivity contribution in [2.45, 2.75) is 51.7 Å². The van der Waals surface area contributed by atoms with E-state index in [2.05, 4.69) is 16.0 Å². The van der Waals surface area contributed by atoms with Crippen molar-refractivity contribution in [3.05, 3.63) is 0 Å². The number of aliphatic imine (C=N–C) groups is 2. The van der Waals surface area contributed by atoms with Gasteiger partial charge in [-0.3, -0.25) is 0 Å². The Kier molecular flexibility index (Phi) is 3.34. The maximum absolute atomic E-state index is 5.47. The molecule has 2 fully saturated rings. The largest absolute Gasteiger partial charge is 0.346 e. The van der Waals surface area contributed by atoms with E-state index in [1.165, 1.54) is 0 Å². The van der Waals surface area contributed by atoms with Crippen molar-refractivity contribution in [1.82, 2.24) is 0 Å². The second-order valence-electron chi connectivity index (χ2n) is 4.92. The van der Waals surface area contributed by atoms with Crippen LogP contribution in [0.4, 0.5) is 0 Å². The molecular formula is C11H18N2O4. The highest BCUT2D eigenvalue weighted by molar-refractivity contribution is 5.41. The summed E-state index contributed by atoms with van der Waals surface area (Å²) in [5, 5.41) is 0. The third kappa shape index (κ3) is 3.59. The van der Waals surface area contributed by atoms with Crippen LogP contribution in [0, 0.1) is 0 Å². The first-order valence-corrected chi connectivity index (χ1v) is 5.65. The molecule has 0 bridgehead atoms. The Labute approximate surface area is 101 Å². The third-order valence-electron chi connectivity index (χ3n) is 2.39. The summed E-state index contributed by atoms with van der Waals surface area (Å²) < 4.78 is 21.7. The lowest BCUT2D eigenvalue weighted by Crippen LogP contribution is -2.21. The molecule has 0 spiro atoms. The van der Waals surface area contributed by atoms with Crippen molar-refractivity contribution < 1.29 is 18.9 Å². The van der Waals surface area contributed by atoms with E-state index >= 15 is 0 Å². The lowest BCUT2D eigenvalue weighted by Gasteiger charge is -2.15. The predicted octanol–water partition coefficient (Wildman–Crippen LogP) is 1.38. The lowest BCUT2D eigenvalue weighted by molar-refractivity contribution is -0.137. The summed E-state index contributed by atoms with van der Waals surface area (Å²) in [6.45, 7) is 8.21. The fraction of sp³-hybridized carbons (Fsp3) is 0.909. The van der Waals surface area contributed by atoms with E-state index in [9.17, 15) is 0 Å². The molecule has 0 aromatic rings. The van der Waals surface area contributed by atoms with Crippen LogP contribution in [-0.4, -0.2) is 43.3 Å². The van der Waals surface area contributed by atoms with Gasteiger partial charge in [-0.1, -0.05) is 0 Å². The van der Waals surface area contributed by atoms with Gasteiger partial charge < -0.3 is 18.9 Å². The summed E-state index contributed by atoms with van der Waals surface area (Å²) in [4.78, 5) is 8.06. The Morgan fingerprint density at radius 2 is 1.29 bits per heavy atom. The molecule has 0 aromatic heterocycles. The smallest absolute Gasteiger partial charge is 0.185 e. The first kappa shape index (κ1) is 12.7. The van der Waals surface area contributed by atoms with Crippen LogP contribution >= 0.6 is 0 Å². The molecule has 2 unspecified atom stereocenters. The van der Waals surface area contributed by atoms with E-state index in [1.807, 2.05) is 27.7 Å². The zero-order chi connectivity index (χ0) is 12.5. The minimum atomic E-state index is -0.579. The van der Waals surface area contributed by atoms with E-state index < -0.39 is 11.6 Å². The zero-order valence-corrected chi connectivity index (χ0v) is 10.6. The maximum atomic E-state index is 5.47. The first-order chi connectivity index (χ1) is 7.86. The average molecular weight is 242 g/mol. The molecule has 2 aliphatic rings. The van der Waals surface area contributed by atoms with Gasteiger partial charge in [0.15, 0.2) is 24.0 Å². The van der Waals surface area contributed by atoms with Crippen molar-refractivity contribution >= 4 is 6.01 Å². The highest BCUT2D eigenvalue weighted by Crippen LogP contribution is 2.23. The molecule has 96 valence electrons. The molecule has 0 aromatic carbocycles. The number of hydrogen-bond donors (Lipinski definition) is 0. The average Bonchev–Trinajstić information content (AvgIpc) is 2.70. The normalized spacial score (nSPS) is 34.4. The van der Waals surface area contributed by atoms with E-state index in [1.54, 1.807) is 0 Å². The van der Waals surface area contributed by atoms with Crippen LogP contribution in [0.3, 0.4) is 0 Å². The second-order valence-corrected chi connectivity index (χ2v) is 4.92. The summed E-state index contributed by atoms with van der Waals surface area (Å²) in [5.41, 5.74) is 0.